The minimum atomic E-state index is -0.773. The molecule has 4 heterocycles. The summed E-state index contributed by atoms with van der Waals surface area (Å²) in [6, 6.07) is 3.70. The van der Waals surface area contributed by atoms with Crippen LogP contribution in [0.1, 0.15) is 25.6 Å². The second kappa shape index (κ2) is 5.81. The van der Waals surface area contributed by atoms with Crippen molar-refractivity contribution in [2.75, 3.05) is 6.61 Å². The van der Waals surface area contributed by atoms with Gasteiger partial charge >= 0.3 is 0 Å². The Morgan fingerprint density at radius 2 is 2.08 bits per heavy atom. The van der Waals surface area contributed by atoms with E-state index in [2.05, 4.69) is 4.98 Å². The first-order chi connectivity index (χ1) is 11.9. The Hall–Kier alpha value is -1.40. The molecule has 4 atom stereocenters. The number of fused-ring (bicyclic) bond motifs is 2. The van der Waals surface area contributed by atoms with Crippen molar-refractivity contribution in [1.82, 2.24) is 9.55 Å². The SMILES string of the molecule is CC1(C)O[C@@H]2[C@H](O1)[C@@H](CO)O[C@H]2n1ccc2c(Cl)c(C#N)c(Cl)nc21. The highest BCUT2D eigenvalue weighted by Crippen LogP contribution is 2.44. The third-order valence-electron chi connectivity index (χ3n) is 4.44. The number of aliphatic hydroxyl groups excluding tert-OH is 1. The van der Waals surface area contributed by atoms with E-state index in [0.717, 1.165) is 0 Å². The van der Waals surface area contributed by atoms with Gasteiger partial charge in [0.05, 0.1) is 11.6 Å². The lowest BCUT2D eigenvalue weighted by Gasteiger charge is -2.24. The lowest BCUT2D eigenvalue weighted by atomic mass is 10.1. The molecule has 2 fully saturated rings. The summed E-state index contributed by atoms with van der Waals surface area (Å²) in [5.74, 6) is -0.773. The second-order valence-corrected chi connectivity index (χ2v) is 7.21. The molecule has 1 N–H and O–H groups in total. The van der Waals surface area contributed by atoms with E-state index >= 15 is 0 Å². The number of nitriles is 1. The van der Waals surface area contributed by atoms with Crippen molar-refractivity contribution in [2.24, 2.45) is 0 Å². The zero-order valence-electron chi connectivity index (χ0n) is 13.4. The van der Waals surface area contributed by atoms with Gasteiger partial charge in [0, 0.05) is 11.6 Å². The number of hydrogen-bond donors (Lipinski definition) is 1. The zero-order valence-corrected chi connectivity index (χ0v) is 15.0. The molecule has 9 heteroatoms. The molecule has 0 amide bonds. The summed E-state index contributed by atoms with van der Waals surface area (Å²) in [4.78, 5) is 4.30. The molecule has 0 radical (unpaired) electrons. The Morgan fingerprint density at radius 3 is 2.76 bits per heavy atom. The highest BCUT2D eigenvalue weighted by molar-refractivity contribution is 6.39. The van der Waals surface area contributed by atoms with Gasteiger partial charge in [0.15, 0.2) is 17.2 Å². The van der Waals surface area contributed by atoms with Gasteiger partial charge in [-0.1, -0.05) is 23.2 Å². The number of nitrogens with zero attached hydrogens (tertiary/aromatic N) is 3. The predicted octanol–water partition coefficient (Wildman–Crippen LogP) is 2.62. The van der Waals surface area contributed by atoms with Crippen LogP contribution in [0.15, 0.2) is 12.3 Å². The van der Waals surface area contributed by atoms with Crippen LogP contribution in [0.4, 0.5) is 0 Å². The molecule has 0 aliphatic carbocycles. The average Bonchev–Trinajstić information content (AvgIpc) is 3.18. The molecule has 4 rings (SSSR count). The van der Waals surface area contributed by atoms with Crippen LogP contribution >= 0.6 is 23.2 Å². The van der Waals surface area contributed by atoms with Gasteiger partial charge in [0.2, 0.25) is 0 Å². The van der Waals surface area contributed by atoms with Crippen molar-refractivity contribution in [2.45, 2.75) is 44.2 Å². The van der Waals surface area contributed by atoms with E-state index in [9.17, 15) is 5.11 Å². The fourth-order valence-corrected chi connectivity index (χ4v) is 3.98. The smallest absolute Gasteiger partial charge is 0.164 e. The fraction of sp³-hybridized carbons (Fsp3) is 0.500. The number of aromatic nitrogens is 2. The number of hydrogen-bond acceptors (Lipinski definition) is 6. The van der Waals surface area contributed by atoms with Crippen LogP contribution in [-0.2, 0) is 14.2 Å². The van der Waals surface area contributed by atoms with Gasteiger partial charge in [0.1, 0.15) is 35.6 Å². The Kier molecular flexibility index (Phi) is 3.96. The summed E-state index contributed by atoms with van der Waals surface area (Å²) < 4.78 is 19.5. The third-order valence-corrected chi connectivity index (χ3v) is 5.11. The van der Waals surface area contributed by atoms with Gasteiger partial charge in [-0.25, -0.2) is 4.98 Å². The minimum absolute atomic E-state index is 0.0251. The summed E-state index contributed by atoms with van der Waals surface area (Å²) in [6.07, 6.45) is -0.144. The van der Waals surface area contributed by atoms with Gasteiger partial charge in [-0.2, -0.15) is 5.26 Å². The number of rotatable bonds is 2. The Balaban J connectivity index is 1.81. The first kappa shape index (κ1) is 17.0. The van der Waals surface area contributed by atoms with E-state index in [0.29, 0.717) is 11.0 Å². The van der Waals surface area contributed by atoms with E-state index in [1.54, 1.807) is 16.8 Å². The van der Waals surface area contributed by atoms with Gasteiger partial charge in [-0.15, -0.1) is 0 Å². The normalized spacial score (nSPS) is 30.6. The fourth-order valence-electron chi connectivity index (χ4n) is 3.43. The minimum Gasteiger partial charge on any atom is -0.394 e. The maximum absolute atomic E-state index is 9.60. The standard InChI is InChI=1S/C16H15Cl2N3O4/c1-16(2)24-11-9(6-22)23-15(12(11)25-16)21-4-3-7-10(17)8(5-19)13(18)20-14(7)21/h3-4,9,11-12,15,22H,6H2,1-2H3/t9-,11-,12-,15-/m1/s1. The highest BCUT2D eigenvalue weighted by atomic mass is 35.5. The summed E-state index contributed by atoms with van der Waals surface area (Å²) in [7, 11) is 0. The molecule has 2 aliphatic rings. The topological polar surface area (TPSA) is 89.5 Å². The molecule has 132 valence electrons. The van der Waals surface area contributed by atoms with Gasteiger partial charge in [0.25, 0.3) is 0 Å². The average molecular weight is 384 g/mol. The second-order valence-electron chi connectivity index (χ2n) is 6.48. The molecule has 0 unspecified atom stereocenters. The van der Waals surface area contributed by atoms with Crippen molar-refractivity contribution in [3.05, 3.63) is 28.0 Å². The maximum Gasteiger partial charge on any atom is 0.164 e. The third kappa shape index (κ3) is 2.53. The van der Waals surface area contributed by atoms with Crippen molar-refractivity contribution >= 4 is 34.2 Å². The lowest BCUT2D eigenvalue weighted by molar-refractivity contribution is -0.199. The molecular formula is C16H15Cl2N3O4. The van der Waals surface area contributed by atoms with Crippen molar-refractivity contribution in [1.29, 1.82) is 5.26 Å². The molecule has 0 spiro atoms. The van der Waals surface area contributed by atoms with Crippen molar-refractivity contribution in [3.8, 4) is 6.07 Å². The molecule has 2 aliphatic heterocycles. The first-order valence-corrected chi connectivity index (χ1v) is 8.49. The molecule has 2 aromatic heterocycles. The molecular weight excluding hydrogens is 369 g/mol. The van der Waals surface area contributed by atoms with Crippen LogP contribution < -0.4 is 0 Å². The van der Waals surface area contributed by atoms with Crippen molar-refractivity contribution < 1.29 is 19.3 Å². The zero-order chi connectivity index (χ0) is 17.9. The summed E-state index contributed by atoms with van der Waals surface area (Å²) in [5, 5.41) is 19.6. The monoisotopic (exact) mass is 383 g/mol. The van der Waals surface area contributed by atoms with Gasteiger partial charge < -0.3 is 23.9 Å². The quantitative estimate of drug-likeness (QED) is 0.801. The summed E-state index contributed by atoms with van der Waals surface area (Å²) >= 11 is 12.4. The van der Waals surface area contributed by atoms with Crippen LogP contribution in [-0.4, -0.2) is 45.4 Å². The van der Waals surface area contributed by atoms with Crippen LogP contribution in [0.5, 0.6) is 0 Å². The van der Waals surface area contributed by atoms with Crippen LogP contribution in [0.25, 0.3) is 11.0 Å². The van der Waals surface area contributed by atoms with E-state index < -0.39 is 30.3 Å². The molecule has 0 aromatic carbocycles. The molecule has 0 saturated carbocycles. The highest BCUT2D eigenvalue weighted by Gasteiger charge is 2.55. The Bertz CT molecular complexity index is 892. The van der Waals surface area contributed by atoms with Crippen LogP contribution in [0.2, 0.25) is 10.2 Å². The molecule has 25 heavy (non-hydrogen) atoms. The number of halogens is 2. The Labute approximate surface area is 153 Å². The van der Waals surface area contributed by atoms with E-state index in [4.69, 9.17) is 42.7 Å². The largest absolute Gasteiger partial charge is 0.394 e. The molecule has 2 aromatic rings. The number of aliphatic hydroxyl groups is 1. The number of pyridine rings is 1. The predicted molar refractivity (Wildman–Crippen MR) is 89.3 cm³/mol. The summed E-state index contributed by atoms with van der Waals surface area (Å²) in [6.45, 7) is 3.44. The van der Waals surface area contributed by atoms with Gasteiger partial charge in [-0.05, 0) is 19.9 Å². The maximum atomic E-state index is 9.60. The molecule has 2 saturated heterocycles. The lowest BCUT2D eigenvalue weighted by Crippen LogP contribution is -2.31. The Morgan fingerprint density at radius 1 is 1.36 bits per heavy atom. The molecule has 0 bridgehead atoms. The van der Waals surface area contributed by atoms with E-state index in [1.165, 1.54) is 0 Å². The first-order valence-electron chi connectivity index (χ1n) is 7.74. The summed E-state index contributed by atoms with van der Waals surface area (Å²) in [5.41, 5.74) is 0.610. The van der Waals surface area contributed by atoms with Crippen LogP contribution in [0, 0.1) is 11.3 Å². The van der Waals surface area contributed by atoms with E-state index in [-0.39, 0.29) is 22.3 Å². The van der Waals surface area contributed by atoms with E-state index in [1.807, 2.05) is 19.9 Å². The number of ether oxygens (including phenoxy) is 3. The molecule has 7 nitrogen and oxygen atoms in total. The van der Waals surface area contributed by atoms with Gasteiger partial charge in [-0.3, -0.25) is 0 Å². The van der Waals surface area contributed by atoms with Crippen molar-refractivity contribution in [3.63, 3.8) is 0 Å². The van der Waals surface area contributed by atoms with Crippen LogP contribution in [0.3, 0.4) is 0 Å².